The smallest absolute Gasteiger partial charge is 0.0795 e. The van der Waals surface area contributed by atoms with Gasteiger partial charge in [-0.3, -0.25) is 0 Å². The van der Waals surface area contributed by atoms with Crippen LogP contribution in [0, 0.1) is 0 Å². The molecule has 2 N–H and O–H groups in total. The summed E-state index contributed by atoms with van der Waals surface area (Å²) in [6.45, 7) is 7.12. The SMILES string of the molecule is CCOCC(N)C(C)(C)OC. The van der Waals surface area contributed by atoms with Crippen molar-refractivity contribution in [2.45, 2.75) is 32.4 Å². The lowest BCUT2D eigenvalue weighted by Crippen LogP contribution is -2.47. The molecule has 0 spiro atoms. The molecule has 0 aromatic rings. The van der Waals surface area contributed by atoms with Crippen LogP contribution in [0.2, 0.25) is 0 Å². The normalized spacial score (nSPS) is 15.0. The van der Waals surface area contributed by atoms with Crippen molar-refractivity contribution < 1.29 is 9.47 Å². The second-order valence-corrected chi connectivity index (χ2v) is 3.07. The molecule has 0 aliphatic carbocycles. The van der Waals surface area contributed by atoms with Gasteiger partial charge >= 0.3 is 0 Å². The van der Waals surface area contributed by atoms with E-state index in [0.717, 1.165) is 0 Å². The van der Waals surface area contributed by atoms with E-state index in [0.29, 0.717) is 13.2 Å². The van der Waals surface area contributed by atoms with Gasteiger partial charge in [-0.1, -0.05) is 0 Å². The van der Waals surface area contributed by atoms with Crippen molar-refractivity contribution in [3.05, 3.63) is 0 Å². The molecular weight excluding hydrogens is 142 g/mol. The second kappa shape index (κ2) is 4.70. The molecule has 0 saturated heterocycles. The molecule has 0 aliphatic rings. The summed E-state index contributed by atoms with van der Waals surface area (Å²) in [7, 11) is 1.66. The minimum Gasteiger partial charge on any atom is -0.380 e. The average Bonchev–Trinajstić information content (AvgIpc) is 2.00. The Morgan fingerprint density at radius 1 is 1.45 bits per heavy atom. The molecule has 0 rings (SSSR count). The van der Waals surface area contributed by atoms with E-state index < -0.39 is 0 Å². The highest BCUT2D eigenvalue weighted by Crippen LogP contribution is 2.11. The molecule has 0 fully saturated rings. The lowest BCUT2D eigenvalue weighted by Gasteiger charge is -2.29. The number of hydrogen-bond donors (Lipinski definition) is 1. The highest BCUT2D eigenvalue weighted by atomic mass is 16.5. The highest BCUT2D eigenvalue weighted by Gasteiger charge is 2.25. The predicted molar refractivity (Wildman–Crippen MR) is 45.6 cm³/mol. The Morgan fingerprint density at radius 2 is 2.00 bits per heavy atom. The minimum absolute atomic E-state index is 0.0625. The van der Waals surface area contributed by atoms with E-state index in [1.54, 1.807) is 7.11 Å². The molecule has 68 valence electrons. The van der Waals surface area contributed by atoms with Gasteiger partial charge in [-0.25, -0.2) is 0 Å². The standard InChI is InChI=1S/C8H19NO2/c1-5-11-6-7(9)8(2,3)10-4/h7H,5-6,9H2,1-4H3. The maximum atomic E-state index is 5.80. The lowest BCUT2D eigenvalue weighted by atomic mass is 10.0. The Hall–Kier alpha value is -0.120. The third-order valence-electron chi connectivity index (χ3n) is 1.92. The highest BCUT2D eigenvalue weighted by molar-refractivity contribution is 4.81. The number of nitrogens with two attached hydrogens (primary N) is 1. The second-order valence-electron chi connectivity index (χ2n) is 3.07. The third kappa shape index (κ3) is 3.70. The molecule has 1 atom stereocenters. The molecule has 3 nitrogen and oxygen atoms in total. The Labute approximate surface area is 68.9 Å². The summed E-state index contributed by atoms with van der Waals surface area (Å²) >= 11 is 0. The molecule has 0 aromatic heterocycles. The van der Waals surface area contributed by atoms with E-state index in [9.17, 15) is 0 Å². The molecule has 0 aromatic carbocycles. The Kier molecular flexibility index (Phi) is 4.65. The Balaban J connectivity index is 3.71. The fraction of sp³-hybridized carbons (Fsp3) is 1.00. The van der Waals surface area contributed by atoms with Crippen molar-refractivity contribution >= 4 is 0 Å². The summed E-state index contributed by atoms with van der Waals surface area (Å²) in [5.41, 5.74) is 5.50. The first-order valence-electron chi connectivity index (χ1n) is 3.93. The van der Waals surface area contributed by atoms with Crippen LogP contribution < -0.4 is 5.73 Å². The van der Waals surface area contributed by atoms with Gasteiger partial charge in [0.25, 0.3) is 0 Å². The van der Waals surface area contributed by atoms with E-state index in [4.69, 9.17) is 15.2 Å². The third-order valence-corrected chi connectivity index (χ3v) is 1.92. The van der Waals surface area contributed by atoms with E-state index in [1.165, 1.54) is 0 Å². The maximum absolute atomic E-state index is 5.80. The first kappa shape index (κ1) is 10.9. The fourth-order valence-electron chi connectivity index (χ4n) is 0.597. The van der Waals surface area contributed by atoms with Gasteiger partial charge in [-0.2, -0.15) is 0 Å². The fourth-order valence-corrected chi connectivity index (χ4v) is 0.597. The Bertz CT molecular complexity index is 104. The molecule has 0 amide bonds. The summed E-state index contributed by atoms with van der Waals surface area (Å²) < 4.78 is 10.4. The number of methoxy groups -OCH3 is 1. The average molecular weight is 161 g/mol. The number of ether oxygens (including phenoxy) is 2. The zero-order chi connectivity index (χ0) is 8.91. The maximum Gasteiger partial charge on any atom is 0.0795 e. The molecule has 0 heterocycles. The van der Waals surface area contributed by atoms with Gasteiger partial charge in [0, 0.05) is 13.7 Å². The van der Waals surface area contributed by atoms with Crippen LogP contribution in [-0.2, 0) is 9.47 Å². The van der Waals surface area contributed by atoms with E-state index in [-0.39, 0.29) is 11.6 Å². The lowest BCUT2D eigenvalue weighted by molar-refractivity contribution is -0.0253. The van der Waals surface area contributed by atoms with Gasteiger partial charge in [0.15, 0.2) is 0 Å². The van der Waals surface area contributed by atoms with Crippen LogP contribution in [0.15, 0.2) is 0 Å². The summed E-state index contributed by atoms with van der Waals surface area (Å²) in [6, 6.07) is -0.0625. The molecule has 1 unspecified atom stereocenters. The van der Waals surface area contributed by atoms with Crippen molar-refractivity contribution in [1.82, 2.24) is 0 Å². The van der Waals surface area contributed by atoms with Gasteiger partial charge in [-0.15, -0.1) is 0 Å². The molecule has 11 heavy (non-hydrogen) atoms. The van der Waals surface area contributed by atoms with Crippen LogP contribution in [0.3, 0.4) is 0 Å². The van der Waals surface area contributed by atoms with Gasteiger partial charge < -0.3 is 15.2 Å². The van der Waals surface area contributed by atoms with Gasteiger partial charge in [0.05, 0.1) is 18.2 Å². The van der Waals surface area contributed by atoms with Crippen LogP contribution in [0.1, 0.15) is 20.8 Å². The monoisotopic (exact) mass is 161 g/mol. The van der Waals surface area contributed by atoms with Crippen LogP contribution in [0.4, 0.5) is 0 Å². The van der Waals surface area contributed by atoms with E-state index in [1.807, 2.05) is 20.8 Å². The van der Waals surface area contributed by atoms with Crippen molar-refractivity contribution in [3.63, 3.8) is 0 Å². The van der Waals surface area contributed by atoms with Crippen LogP contribution >= 0.6 is 0 Å². The van der Waals surface area contributed by atoms with Gasteiger partial charge in [0.1, 0.15) is 0 Å². The van der Waals surface area contributed by atoms with Crippen molar-refractivity contribution in [1.29, 1.82) is 0 Å². The molecular formula is C8H19NO2. The van der Waals surface area contributed by atoms with E-state index in [2.05, 4.69) is 0 Å². The largest absolute Gasteiger partial charge is 0.380 e. The van der Waals surface area contributed by atoms with Gasteiger partial charge in [0.2, 0.25) is 0 Å². The minimum atomic E-state index is -0.296. The predicted octanol–water partition coefficient (Wildman–Crippen LogP) is 0.775. The van der Waals surface area contributed by atoms with Crippen LogP contribution in [-0.4, -0.2) is 32.0 Å². The summed E-state index contributed by atoms with van der Waals surface area (Å²) in [5.74, 6) is 0. The Morgan fingerprint density at radius 3 is 2.36 bits per heavy atom. The molecule has 0 saturated carbocycles. The number of hydrogen-bond acceptors (Lipinski definition) is 3. The van der Waals surface area contributed by atoms with Gasteiger partial charge in [-0.05, 0) is 20.8 Å². The molecule has 0 bridgehead atoms. The quantitative estimate of drug-likeness (QED) is 0.648. The van der Waals surface area contributed by atoms with Crippen LogP contribution in [0.5, 0.6) is 0 Å². The molecule has 3 heteroatoms. The van der Waals surface area contributed by atoms with E-state index >= 15 is 0 Å². The van der Waals surface area contributed by atoms with Crippen molar-refractivity contribution in [2.24, 2.45) is 5.73 Å². The topological polar surface area (TPSA) is 44.5 Å². The summed E-state index contributed by atoms with van der Waals surface area (Å²) in [4.78, 5) is 0. The molecule has 0 radical (unpaired) electrons. The summed E-state index contributed by atoms with van der Waals surface area (Å²) in [5, 5.41) is 0. The van der Waals surface area contributed by atoms with Crippen molar-refractivity contribution in [3.8, 4) is 0 Å². The first-order valence-corrected chi connectivity index (χ1v) is 3.93. The van der Waals surface area contributed by atoms with Crippen molar-refractivity contribution in [2.75, 3.05) is 20.3 Å². The molecule has 0 aliphatic heterocycles. The zero-order valence-corrected chi connectivity index (χ0v) is 7.89. The summed E-state index contributed by atoms with van der Waals surface area (Å²) in [6.07, 6.45) is 0. The van der Waals surface area contributed by atoms with Crippen LogP contribution in [0.25, 0.3) is 0 Å². The first-order chi connectivity index (χ1) is 5.04. The number of rotatable bonds is 5. The zero-order valence-electron chi connectivity index (χ0n) is 7.89.